The lowest BCUT2D eigenvalue weighted by molar-refractivity contribution is -0.106. The molecule has 0 aliphatic carbocycles. The zero-order chi connectivity index (χ0) is 11.6. The van der Waals surface area contributed by atoms with Crippen LogP contribution in [0.15, 0.2) is 18.5 Å². The van der Waals surface area contributed by atoms with Crippen molar-refractivity contribution in [3.63, 3.8) is 0 Å². The smallest absolute Gasteiger partial charge is 0.0900 e. The molecule has 1 saturated heterocycles. The van der Waals surface area contributed by atoms with E-state index < -0.39 is 5.60 Å². The summed E-state index contributed by atoms with van der Waals surface area (Å²) in [6, 6.07) is 1.93. The van der Waals surface area contributed by atoms with Gasteiger partial charge in [0.25, 0.3) is 0 Å². The van der Waals surface area contributed by atoms with Gasteiger partial charge in [0.2, 0.25) is 0 Å². The molecule has 88 valence electrons. The van der Waals surface area contributed by atoms with Crippen molar-refractivity contribution < 1.29 is 5.11 Å². The fourth-order valence-corrected chi connectivity index (χ4v) is 2.47. The highest BCUT2D eigenvalue weighted by Crippen LogP contribution is 2.28. The lowest BCUT2D eigenvalue weighted by Gasteiger charge is -2.46. The minimum Gasteiger partial charge on any atom is -0.387 e. The van der Waals surface area contributed by atoms with Crippen molar-refractivity contribution in [3.8, 4) is 0 Å². The molecule has 4 heteroatoms. The molecule has 1 N–H and O–H groups in total. The second kappa shape index (κ2) is 4.70. The van der Waals surface area contributed by atoms with E-state index >= 15 is 0 Å². The first-order valence-corrected chi connectivity index (χ1v) is 6.04. The summed E-state index contributed by atoms with van der Waals surface area (Å²) in [5.41, 5.74) is 0.615. The Morgan fingerprint density at radius 2 is 2.31 bits per heavy atom. The largest absolute Gasteiger partial charge is 0.387 e. The Morgan fingerprint density at radius 3 is 2.94 bits per heavy atom. The minimum atomic E-state index is -0.464. The second-order valence-electron chi connectivity index (χ2n) is 4.59. The first-order valence-electron chi connectivity index (χ1n) is 5.66. The fraction of sp³-hybridized carbons (Fsp3) is 0.583. The standard InChI is InChI=1S/C12H17ClN2O/c1-2-4-12(16)8-15(9-12)7-10-3-5-14-6-11(10)13/h3,5-6,16H,2,4,7-9H2,1H3. The number of nitrogens with zero attached hydrogens (tertiary/aromatic N) is 2. The van der Waals surface area contributed by atoms with Crippen molar-refractivity contribution in [3.05, 3.63) is 29.0 Å². The van der Waals surface area contributed by atoms with E-state index in [0.29, 0.717) is 5.02 Å². The van der Waals surface area contributed by atoms with E-state index in [1.165, 1.54) is 0 Å². The molecule has 0 amide bonds. The van der Waals surface area contributed by atoms with Crippen molar-refractivity contribution >= 4 is 11.6 Å². The fourth-order valence-electron chi connectivity index (χ4n) is 2.29. The van der Waals surface area contributed by atoms with Gasteiger partial charge in [0.15, 0.2) is 0 Å². The van der Waals surface area contributed by atoms with E-state index in [2.05, 4.69) is 16.8 Å². The van der Waals surface area contributed by atoms with Gasteiger partial charge in [0.1, 0.15) is 0 Å². The predicted molar refractivity (Wildman–Crippen MR) is 64.4 cm³/mol. The number of rotatable bonds is 4. The molecule has 1 aromatic rings. The van der Waals surface area contributed by atoms with Crippen LogP contribution in [0.1, 0.15) is 25.3 Å². The number of hydrogen-bond acceptors (Lipinski definition) is 3. The Kier molecular flexibility index (Phi) is 3.47. The van der Waals surface area contributed by atoms with Crippen LogP contribution in [-0.2, 0) is 6.54 Å². The highest BCUT2D eigenvalue weighted by atomic mass is 35.5. The third kappa shape index (κ3) is 2.54. The molecule has 0 saturated carbocycles. The molecule has 1 aromatic heterocycles. The summed E-state index contributed by atoms with van der Waals surface area (Å²) in [6.45, 7) is 4.40. The summed E-state index contributed by atoms with van der Waals surface area (Å²) < 4.78 is 0. The van der Waals surface area contributed by atoms with Crippen LogP contribution in [-0.4, -0.2) is 33.7 Å². The average Bonchev–Trinajstić information content (AvgIpc) is 2.19. The summed E-state index contributed by atoms with van der Waals surface area (Å²) >= 11 is 6.03. The first kappa shape index (κ1) is 11.8. The van der Waals surface area contributed by atoms with Gasteiger partial charge in [-0.1, -0.05) is 24.9 Å². The summed E-state index contributed by atoms with van der Waals surface area (Å²) in [5.74, 6) is 0. The van der Waals surface area contributed by atoms with E-state index in [1.54, 1.807) is 12.4 Å². The van der Waals surface area contributed by atoms with Crippen molar-refractivity contribution in [1.82, 2.24) is 9.88 Å². The molecule has 0 radical (unpaired) electrons. The SMILES string of the molecule is CCCC1(O)CN(Cc2ccncc2Cl)C1. The average molecular weight is 241 g/mol. The Bertz CT molecular complexity index is 364. The Balaban J connectivity index is 1.88. The van der Waals surface area contributed by atoms with Crippen LogP contribution in [0.25, 0.3) is 0 Å². The minimum absolute atomic E-state index is 0.464. The third-order valence-corrected chi connectivity index (χ3v) is 3.34. The van der Waals surface area contributed by atoms with Gasteiger partial charge in [0, 0.05) is 32.0 Å². The van der Waals surface area contributed by atoms with Crippen LogP contribution in [0.2, 0.25) is 5.02 Å². The molecule has 3 nitrogen and oxygen atoms in total. The molecule has 0 unspecified atom stereocenters. The highest BCUT2D eigenvalue weighted by molar-refractivity contribution is 6.31. The van der Waals surface area contributed by atoms with Crippen molar-refractivity contribution in [1.29, 1.82) is 0 Å². The van der Waals surface area contributed by atoms with E-state index in [1.807, 2.05) is 6.07 Å². The molecule has 16 heavy (non-hydrogen) atoms. The lowest BCUT2D eigenvalue weighted by Crippen LogP contribution is -2.60. The molecule has 1 aliphatic rings. The Labute approximate surface area is 101 Å². The maximum absolute atomic E-state index is 10.0. The number of β-amino-alcohol motifs (C(OH)–C–C–N with tert-alkyl or cyclic N) is 1. The molecule has 1 aliphatic heterocycles. The number of hydrogen-bond donors (Lipinski definition) is 1. The predicted octanol–water partition coefficient (Wildman–Crippen LogP) is 2.08. The van der Waals surface area contributed by atoms with E-state index in [4.69, 9.17) is 11.6 Å². The second-order valence-corrected chi connectivity index (χ2v) is 4.99. The van der Waals surface area contributed by atoms with Gasteiger partial charge in [0.05, 0.1) is 10.6 Å². The van der Waals surface area contributed by atoms with Gasteiger partial charge < -0.3 is 5.11 Å². The molecule has 1 fully saturated rings. The van der Waals surface area contributed by atoms with Gasteiger partial charge >= 0.3 is 0 Å². The normalized spacial score (nSPS) is 19.4. The molecule has 0 atom stereocenters. The monoisotopic (exact) mass is 240 g/mol. The maximum atomic E-state index is 10.0. The molecule has 0 aromatic carbocycles. The number of aromatic nitrogens is 1. The van der Waals surface area contributed by atoms with E-state index in [0.717, 1.165) is 38.0 Å². The van der Waals surface area contributed by atoms with E-state index in [9.17, 15) is 5.11 Å². The van der Waals surface area contributed by atoms with Gasteiger partial charge in [-0.25, -0.2) is 0 Å². The highest BCUT2D eigenvalue weighted by Gasteiger charge is 2.39. The first-order chi connectivity index (χ1) is 7.63. The van der Waals surface area contributed by atoms with Crippen molar-refractivity contribution in [2.75, 3.05) is 13.1 Å². The summed E-state index contributed by atoms with van der Waals surface area (Å²) in [4.78, 5) is 6.16. The zero-order valence-electron chi connectivity index (χ0n) is 9.49. The van der Waals surface area contributed by atoms with Gasteiger partial charge in [-0.05, 0) is 18.1 Å². The lowest BCUT2D eigenvalue weighted by atomic mass is 9.89. The number of aliphatic hydroxyl groups is 1. The molecule has 0 bridgehead atoms. The van der Waals surface area contributed by atoms with Gasteiger partial charge in [-0.15, -0.1) is 0 Å². The van der Waals surface area contributed by atoms with Gasteiger partial charge in [-0.2, -0.15) is 0 Å². The molecule has 0 spiro atoms. The van der Waals surface area contributed by atoms with Crippen LogP contribution < -0.4 is 0 Å². The van der Waals surface area contributed by atoms with Crippen molar-refractivity contribution in [2.45, 2.75) is 31.9 Å². The molecule has 2 rings (SSSR count). The van der Waals surface area contributed by atoms with Crippen LogP contribution in [0.3, 0.4) is 0 Å². The van der Waals surface area contributed by atoms with Crippen molar-refractivity contribution in [2.24, 2.45) is 0 Å². The third-order valence-electron chi connectivity index (χ3n) is 3.00. The quantitative estimate of drug-likeness (QED) is 0.876. The summed E-state index contributed by atoms with van der Waals surface area (Å²) in [6.07, 6.45) is 5.32. The Morgan fingerprint density at radius 1 is 1.56 bits per heavy atom. The molecular weight excluding hydrogens is 224 g/mol. The van der Waals surface area contributed by atoms with Gasteiger partial charge in [-0.3, -0.25) is 9.88 Å². The summed E-state index contributed by atoms with van der Waals surface area (Å²) in [7, 11) is 0. The van der Waals surface area contributed by atoms with E-state index in [-0.39, 0.29) is 0 Å². The number of likely N-dealkylation sites (tertiary alicyclic amines) is 1. The topological polar surface area (TPSA) is 36.4 Å². The van der Waals surface area contributed by atoms with Crippen LogP contribution in [0.4, 0.5) is 0 Å². The zero-order valence-corrected chi connectivity index (χ0v) is 10.2. The van der Waals surface area contributed by atoms with Crippen LogP contribution in [0, 0.1) is 0 Å². The summed E-state index contributed by atoms with van der Waals surface area (Å²) in [5, 5.41) is 10.7. The molecular formula is C12H17ClN2O. The van der Waals surface area contributed by atoms with Crippen LogP contribution in [0.5, 0.6) is 0 Å². The van der Waals surface area contributed by atoms with Crippen LogP contribution >= 0.6 is 11.6 Å². The number of halogens is 1. The maximum Gasteiger partial charge on any atom is 0.0900 e. The Hall–Kier alpha value is -0.640. The number of pyridine rings is 1. The molecule has 2 heterocycles.